The number of halogens is 1. The average Bonchev–Trinajstić information content (AvgIpc) is 2.05. The lowest BCUT2D eigenvalue weighted by molar-refractivity contribution is -0.384. The van der Waals surface area contributed by atoms with Crippen molar-refractivity contribution in [1.82, 2.24) is 0 Å². The highest BCUT2D eigenvalue weighted by molar-refractivity contribution is 6.70. The molecule has 0 bridgehead atoms. The first-order chi connectivity index (χ1) is 6.79. The third-order valence-electron chi connectivity index (χ3n) is 1.54. The summed E-state index contributed by atoms with van der Waals surface area (Å²) >= 11 is 5.87. The van der Waals surface area contributed by atoms with Crippen LogP contribution in [0.3, 0.4) is 0 Å². The molecular weight excluding hydrogens is 234 g/mol. The van der Waals surface area contributed by atoms with Gasteiger partial charge in [-0.25, -0.2) is 0 Å². The van der Waals surface area contributed by atoms with Crippen molar-refractivity contribution in [2.75, 3.05) is 0 Å². The summed E-state index contributed by atoms with van der Waals surface area (Å²) in [6.07, 6.45) is 0. The summed E-state index contributed by atoms with van der Waals surface area (Å²) in [7, 11) is -1.73. The van der Waals surface area contributed by atoms with E-state index in [0.717, 1.165) is 0 Å². The number of benzene rings is 1. The van der Waals surface area contributed by atoms with Gasteiger partial charge < -0.3 is 4.43 Å². The van der Waals surface area contributed by atoms with Crippen molar-refractivity contribution in [3.8, 4) is 5.75 Å². The van der Waals surface area contributed by atoms with Gasteiger partial charge in [0, 0.05) is 12.1 Å². The molecule has 1 rings (SSSR count). The minimum absolute atomic E-state index is 0.0251. The second-order valence-corrected chi connectivity index (χ2v) is 8.92. The van der Waals surface area contributed by atoms with Crippen molar-refractivity contribution in [1.29, 1.82) is 0 Å². The molecule has 0 aliphatic carbocycles. The van der Waals surface area contributed by atoms with Gasteiger partial charge in [0.05, 0.1) is 9.95 Å². The van der Waals surface area contributed by atoms with E-state index in [-0.39, 0.29) is 10.7 Å². The van der Waals surface area contributed by atoms with Gasteiger partial charge in [-0.3, -0.25) is 10.1 Å². The van der Waals surface area contributed by atoms with Crippen LogP contribution >= 0.6 is 11.6 Å². The number of nitro benzene ring substituents is 1. The van der Waals surface area contributed by atoms with Gasteiger partial charge in [0.1, 0.15) is 5.75 Å². The van der Waals surface area contributed by atoms with Gasteiger partial charge in [0.25, 0.3) is 5.69 Å². The molecule has 0 spiro atoms. The molecule has 0 radical (unpaired) electrons. The summed E-state index contributed by atoms with van der Waals surface area (Å²) in [6, 6.07) is 4.23. The van der Waals surface area contributed by atoms with Crippen LogP contribution in [0.2, 0.25) is 24.7 Å². The van der Waals surface area contributed by atoms with E-state index in [4.69, 9.17) is 16.0 Å². The molecule has 1 aromatic rings. The van der Waals surface area contributed by atoms with Crippen LogP contribution in [0.25, 0.3) is 0 Å². The maximum Gasteiger partial charge on any atom is 0.271 e. The summed E-state index contributed by atoms with van der Waals surface area (Å²) in [4.78, 5) is 9.98. The second-order valence-electron chi connectivity index (χ2n) is 4.09. The van der Waals surface area contributed by atoms with Gasteiger partial charge >= 0.3 is 0 Å². The zero-order chi connectivity index (χ0) is 11.6. The standard InChI is InChI=1S/C9H12ClNO3Si/c1-15(2,3)14-9-5-4-7(11(12)13)6-8(9)10/h4-6H,1-3H3. The Morgan fingerprint density at radius 3 is 2.40 bits per heavy atom. The van der Waals surface area contributed by atoms with Crippen LogP contribution in [0.5, 0.6) is 5.75 Å². The van der Waals surface area contributed by atoms with Crippen LogP contribution in [-0.2, 0) is 0 Å². The van der Waals surface area contributed by atoms with Crippen LogP contribution in [-0.4, -0.2) is 13.2 Å². The molecule has 0 saturated carbocycles. The highest BCUT2D eigenvalue weighted by Gasteiger charge is 2.19. The molecule has 0 unspecified atom stereocenters. The van der Waals surface area contributed by atoms with Crippen molar-refractivity contribution >= 4 is 25.6 Å². The summed E-state index contributed by atoms with van der Waals surface area (Å²) in [6.45, 7) is 6.06. The lowest BCUT2D eigenvalue weighted by atomic mass is 10.3. The quantitative estimate of drug-likeness (QED) is 0.466. The monoisotopic (exact) mass is 245 g/mol. The Balaban J connectivity index is 2.99. The molecule has 0 aromatic heterocycles. The Labute approximate surface area is 94.1 Å². The SMILES string of the molecule is C[Si](C)(C)Oc1ccc([N+](=O)[O-])cc1Cl. The number of nitro groups is 1. The van der Waals surface area contributed by atoms with Crippen molar-refractivity contribution in [2.24, 2.45) is 0 Å². The molecule has 82 valence electrons. The van der Waals surface area contributed by atoms with Crippen molar-refractivity contribution in [3.05, 3.63) is 33.3 Å². The van der Waals surface area contributed by atoms with Gasteiger partial charge in [-0.2, -0.15) is 0 Å². The van der Waals surface area contributed by atoms with Gasteiger partial charge in [-0.1, -0.05) is 11.6 Å². The van der Waals surface area contributed by atoms with E-state index < -0.39 is 13.2 Å². The zero-order valence-corrected chi connectivity index (χ0v) is 10.5. The van der Waals surface area contributed by atoms with E-state index in [2.05, 4.69) is 0 Å². The molecule has 0 amide bonds. The molecule has 0 N–H and O–H groups in total. The second kappa shape index (κ2) is 4.20. The Hall–Kier alpha value is -1.07. The van der Waals surface area contributed by atoms with Crippen molar-refractivity contribution in [3.63, 3.8) is 0 Å². The minimum Gasteiger partial charge on any atom is -0.543 e. The van der Waals surface area contributed by atoms with Crippen LogP contribution in [0, 0.1) is 10.1 Å². The molecule has 15 heavy (non-hydrogen) atoms. The predicted octanol–water partition coefficient (Wildman–Crippen LogP) is 3.46. The fraction of sp³-hybridized carbons (Fsp3) is 0.333. The largest absolute Gasteiger partial charge is 0.543 e. The third-order valence-corrected chi connectivity index (χ3v) is 2.67. The first-order valence-electron chi connectivity index (χ1n) is 4.42. The highest BCUT2D eigenvalue weighted by Crippen LogP contribution is 2.30. The number of hydrogen-bond donors (Lipinski definition) is 0. The fourth-order valence-electron chi connectivity index (χ4n) is 1.02. The number of rotatable bonds is 3. The molecule has 0 atom stereocenters. The zero-order valence-electron chi connectivity index (χ0n) is 8.78. The van der Waals surface area contributed by atoms with Crippen LogP contribution < -0.4 is 4.43 Å². The van der Waals surface area contributed by atoms with Gasteiger partial charge in [0.15, 0.2) is 0 Å². The summed E-state index contributed by atoms with van der Waals surface area (Å²) in [5, 5.41) is 10.7. The maximum atomic E-state index is 10.5. The van der Waals surface area contributed by atoms with E-state index in [1.807, 2.05) is 19.6 Å². The molecule has 0 saturated heterocycles. The van der Waals surface area contributed by atoms with Gasteiger partial charge in [-0.15, -0.1) is 0 Å². The predicted molar refractivity (Wildman–Crippen MR) is 62.1 cm³/mol. The van der Waals surface area contributed by atoms with Crippen molar-refractivity contribution < 1.29 is 9.35 Å². The van der Waals surface area contributed by atoms with E-state index in [9.17, 15) is 10.1 Å². The van der Waals surface area contributed by atoms with E-state index in [1.54, 1.807) is 6.07 Å². The van der Waals surface area contributed by atoms with E-state index in [0.29, 0.717) is 5.75 Å². The Morgan fingerprint density at radius 1 is 1.40 bits per heavy atom. The molecule has 0 fully saturated rings. The average molecular weight is 246 g/mol. The topological polar surface area (TPSA) is 52.4 Å². The van der Waals surface area contributed by atoms with E-state index >= 15 is 0 Å². The molecule has 0 aliphatic rings. The number of non-ortho nitro benzene ring substituents is 1. The first-order valence-corrected chi connectivity index (χ1v) is 8.21. The molecule has 6 heteroatoms. The highest BCUT2D eigenvalue weighted by atomic mass is 35.5. The van der Waals surface area contributed by atoms with Crippen LogP contribution in [0.15, 0.2) is 18.2 Å². The lowest BCUT2D eigenvalue weighted by Crippen LogP contribution is -2.29. The molecule has 4 nitrogen and oxygen atoms in total. The smallest absolute Gasteiger partial charge is 0.271 e. The van der Waals surface area contributed by atoms with Gasteiger partial charge in [-0.05, 0) is 25.7 Å². The number of hydrogen-bond acceptors (Lipinski definition) is 3. The lowest BCUT2D eigenvalue weighted by Gasteiger charge is -2.19. The van der Waals surface area contributed by atoms with Crippen molar-refractivity contribution in [2.45, 2.75) is 19.6 Å². The van der Waals surface area contributed by atoms with E-state index in [1.165, 1.54) is 12.1 Å². The van der Waals surface area contributed by atoms with Crippen LogP contribution in [0.4, 0.5) is 5.69 Å². The minimum atomic E-state index is -1.73. The maximum absolute atomic E-state index is 10.5. The Bertz CT molecular complexity index is 389. The Kier molecular flexibility index (Phi) is 3.36. The third kappa shape index (κ3) is 3.52. The normalized spacial score (nSPS) is 11.2. The Morgan fingerprint density at radius 2 is 2.00 bits per heavy atom. The molecular formula is C9H12ClNO3Si. The van der Waals surface area contributed by atoms with Crippen LogP contribution in [0.1, 0.15) is 0 Å². The summed E-state index contributed by atoms with van der Waals surface area (Å²) in [5.41, 5.74) is -0.0251. The summed E-state index contributed by atoms with van der Waals surface area (Å²) in [5.74, 6) is 0.515. The fourth-order valence-corrected chi connectivity index (χ4v) is 2.13. The summed E-state index contributed by atoms with van der Waals surface area (Å²) < 4.78 is 5.65. The molecule has 0 heterocycles. The first kappa shape index (κ1) is 12.0. The number of nitrogens with zero attached hydrogens (tertiary/aromatic N) is 1. The molecule has 1 aromatic carbocycles. The van der Waals surface area contributed by atoms with Gasteiger partial charge in [0.2, 0.25) is 8.32 Å². The molecule has 0 aliphatic heterocycles.